The van der Waals surface area contributed by atoms with E-state index in [4.69, 9.17) is 5.11 Å². The average molecular weight is 388 g/mol. The highest BCUT2D eigenvalue weighted by Gasteiger charge is 2.28. The molecule has 148 valence electrons. The number of piperazine rings is 1. The lowest BCUT2D eigenvalue weighted by Crippen LogP contribution is -2.49. The van der Waals surface area contributed by atoms with Crippen LogP contribution in [-0.2, 0) is 4.79 Å². The van der Waals surface area contributed by atoms with E-state index in [1.807, 2.05) is 0 Å². The van der Waals surface area contributed by atoms with E-state index >= 15 is 0 Å². The molecule has 0 radical (unpaired) electrons. The summed E-state index contributed by atoms with van der Waals surface area (Å²) >= 11 is 0. The van der Waals surface area contributed by atoms with Crippen LogP contribution < -0.4 is 0 Å². The molecule has 1 atom stereocenters. The van der Waals surface area contributed by atoms with E-state index in [1.165, 1.54) is 30.3 Å². The fourth-order valence-corrected chi connectivity index (χ4v) is 3.55. The van der Waals surface area contributed by atoms with Gasteiger partial charge < -0.3 is 10.0 Å². The lowest BCUT2D eigenvalue weighted by atomic mass is 9.99. The largest absolute Gasteiger partial charge is 0.481 e. The summed E-state index contributed by atoms with van der Waals surface area (Å²) in [5, 5.41) is 9.05. The number of carboxylic acid groups (broad SMARTS) is 1. The summed E-state index contributed by atoms with van der Waals surface area (Å²) in [6.45, 7) is 2.03. The van der Waals surface area contributed by atoms with Gasteiger partial charge in [-0.25, -0.2) is 8.78 Å². The third kappa shape index (κ3) is 4.92. The number of halogens is 2. The Bertz CT molecular complexity index is 834. The Morgan fingerprint density at radius 2 is 1.64 bits per heavy atom. The third-order valence-electron chi connectivity index (χ3n) is 5.00. The van der Waals surface area contributed by atoms with Crippen molar-refractivity contribution in [3.05, 3.63) is 71.3 Å². The summed E-state index contributed by atoms with van der Waals surface area (Å²) in [4.78, 5) is 27.4. The Balaban J connectivity index is 1.68. The maximum atomic E-state index is 13.4. The molecule has 1 fully saturated rings. The van der Waals surface area contributed by atoms with Crippen LogP contribution in [0.1, 0.15) is 34.8 Å². The number of carboxylic acids is 1. The molecule has 0 unspecified atom stereocenters. The first kappa shape index (κ1) is 19.9. The van der Waals surface area contributed by atoms with Gasteiger partial charge in [0.2, 0.25) is 0 Å². The van der Waals surface area contributed by atoms with Crippen LogP contribution in [0.3, 0.4) is 0 Å². The van der Waals surface area contributed by atoms with Crippen LogP contribution in [-0.4, -0.2) is 53.0 Å². The summed E-state index contributed by atoms with van der Waals surface area (Å²) in [7, 11) is 0. The number of amides is 1. The maximum absolute atomic E-state index is 13.4. The SMILES string of the molecule is O=C(O)CC[C@@H](c1ccc(F)cc1)N1CCN(C(=O)c2cccc(F)c2)CC1. The standard InChI is InChI=1S/C21H22F2N2O3/c22-17-6-4-15(5-7-17)19(8-9-20(26)27)24-10-12-25(13-11-24)21(28)16-2-1-3-18(23)14-16/h1-7,14,19H,8-13H2,(H,26,27)/t19-/m0/s1. The van der Waals surface area contributed by atoms with Gasteiger partial charge in [-0.3, -0.25) is 14.5 Å². The predicted molar refractivity (Wildman–Crippen MR) is 99.9 cm³/mol. The Kier molecular flexibility index (Phi) is 6.36. The fraction of sp³-hybridized carbons (Fsp3) is 0.333. The van der Waals surface area contributed by atoms with Crippen molar-refractivity contribution in [3.8, 4) is 0 Å². The molecule has 1 amide bonds. The van der Waals surface area contributed by atoms with E-state index in [0.717, 1.165) is 5.56 Å². The van der Waals surface area contributed by atoms with Crippen LogP contribution in [0, 0.1) is 11.6 Å². The highest BCUT2D eigenvalue weighted by molar-refractivity contribution is 5.94. The molecule has 7 heteroatoms. The second-order valence-electron chi connectivity index (χ2n) is 6.84. The highest BCUT2D eigenvalue weighted by atomic mass is 19.1. The van der Waals surface area contributed by atoms with E-state index in [-0.39, 0.29) is 24.2 Å². The molecule has 5 nitrogen and oxygen atoms in total. The van der Waals surface area contributed by atoms with Crippen molar-refractivity contribution in [1.29, 1.82) is 0 Å². The van der Waals surface area contributed by atoms with E-state index < -0.39 is 11.8 Å². The molecular formula is C21H22F2N2O3. The molecule has 0 spiro atoms. The first-order valence-electron chi connectivity index (χ1n) is 9.20. The summed E-state index contributed by atoms with van der Waals surface area (Å²) in [6, 6.07) is 11.5. The average Bonchev–Trinajstić information content (AvgIpc) is 2.69. The molecule has 2 aromatic rings. The molecule has 1 N–H and O–H groups in total. The molecule has 1 saturated heterocycles. The Hall–Kier alpha value is -2.80. The molecule has 28 heavy (non-hydrogen) atoms. The molecule has 1 aliphatic rings. The second-order valence-corrected chi connectivity index (χ2v) is 6.84. The predicted octanol–water partition coefficient (Wildman–Crippen LogP) is 3.33. The van der Waals surface area contributed by atoms with E-state index in [2.05, 4.69) is 4.90 Å². The zero-order chi connectivity index (χ0) is 20.1. The summed E-state index contributed by atoms with van der Waals surface area (Å²) in [5.74, 6) is -1.89. The van der Waals surface area contributed by atoms with Gasteiger partial charge in [-0.2, -0.15) is 0 Å². The molecule has 0 aliphatic carbocycles. The van der Waals surface area contributed by atoms with E-state index in [9.17, 15) is 18.4 Å². The molecule has 2 aromatic carbocycles. The van der Waals surface area contributed by atoms with Gasteiger partial charge in [0, 0.05) is 44.2 Å². The number of hydrogen-bond acceptors (Lipinski definition) is 3. The lowest BCUT2D eigenvalue weighted by molar-refractivity contribution is -0.137. The zero-order valence-corrected chi connectivity index (χ0v) is 15.4. The van der Waals surface area contributed by atoms with Crippen molar-refractivity contribution < 1.29 is 23.5 Å². The molecule has 3 rings (SSSR count). The van der Waals surface area contributed by atoms with E-state index in [0.29, 0.717) is 38.2 Å². The second kappa shape index (κ2) is 8.93. The van der Waals surface area contributed by atoms with Crippen molar-refractivity contribution in [2.24, 2.45) is 0 Å². The number of carbonyl (C=O) groups excluding carboxylic acids is 1. The van der Waals surface area contributed by atoms with Crippen LogP contribution in [0.15, 0.2) is 48.5 Å². The van der Waals surface area contributed by atoms with Crippen molar-refractivity contribution in [2.75, 3.05) is 26.2 Å². The van der Waals surface area contributed by atoms with Gasteiger partial charge in [0.1, 0.15) is 11.6 Å². The maximum Gasteiger partial charge on any atom is 0.303 e. The Labute approximate surface area is 162 Å². The Morgan fingerprint density at radius 1 is 0.964 bits per heavy atom. The number of carbonyl (C=O) groups is 2. The van der Waals surface area contributed by atoms with Gasteiger partial charge in [0.25, 0.3) is 5.91 Å². The number of nitrogens with zero attached hydrogens (tertiary/aromatic N) is 2. The van der Waals surface area contributed by atoms with Crippen LogP contribution in [0.25, 0.3) is 0 Å². The minimum Gasteiger partial charge on any atom is -0.481 e. The van der Waals surface area contributed by atoms with Crippen molar-refractivity contribution in [3.63, 3.8) is 0 Å². The van der Waals surface area contributed by atoms with Gasteiger partial charge in [0.05, 0.1) is 0 Å². The first-order chi connectivity index (χ1) is 13.4. The topological polar surface area (TPSA) is 60.9 Å². The van der Waals surface area contributed by atoms with Gasteiger partial charge in [-0.05, 0) is 42.3 Å². The van der Waals surface area contributed by atoms with Crippen LogP contribution in [0.2, 0.25) is 0 Å². The number of aliphatic carboxylic acids is 1. The van der Waals surface area contributed by atoms with Gasteiger partial charge >= 0.3 is 5.97 Å². The first-order valence-corrected chi connectivity index (χ1v) is 9.20. The zero-order valence-electron chi connectivity index (χ0n) is 15.4. The fourth-order valence-electron chi connectivity index (χ4n) is 3.55. The minimum atomic E-state index is -0.882. The number of rotatable bonds is 6. The Morgan fingerprint density at radius 3 is 2.25 bits per heavy atom. The molecule has 0 bridgehead atoms. The number of hydrogen-bond donors (Lipinski definition) is 1. The van der Waals surface area contributed by atoms with E-state index in [1.54, 1.807) is 23.1 Å². The normalized spacial score (nSPS) is 16.0. The molecule has 0 aromatic heterocycles. The molecule has 1 heterocycles. The molecule has 1 aliphatic heterocycles. The van der Waals surface area contributed by atoms with Gasteiger partial charge in [-0.1, -0.05) is 18.2 Å². The smallest absolute Gasteiger partial charge is 0.303 e. The monoisotopic (exact) mass is 388 g/mol. The summed E-state index contributed by atoms with van der Waals surface area (Å²) in [6.07, 6.45) is 0.406. The minimum absolute atomic E-state index is 0.00444. The van der Waals surface area contributed by atoms with Gasteiger partial charge in [0.15, 0.2) is 0 Å². The lowest BCUT2D eigenvalue weighted by Gasteiger charge is -2.39. The molecular weight excluding hydrogens is 366 g/mol. The molecule has 0 saturated carbocycles. The summed E-state index contributed by atoms with van der Waals surface area (Å²) < 4.78 is 26.6. The van der Waals surface area contributed by atoms with Crippen LogP contribution in [0.4, 0.5) is 8.78 Å². The van der Waals surface area contributed by atoms with Crippen molar-refractivity contribution in [1.82, 2.24) is 9.80 Å². The third-order valence-corrected chi connectivity index (χ3v) is 5.00. The van der Waals surface area contributed by atoms with Gasteiger partial charge in [-0.15, -0.1) is 0 Å². The van der Waals surface area contributed by atoms with Crippen molar-refractivity contribution in [2.45, 2.75) is 18.9 Å². The summed E-state index contributed by atoms with van der Waals surface area (Å²) in [5.41, 5.74) is 1.17. The number of benzene rings is 2. The van der Waals surface area contributed by atoms with Crippen molar-refractivity contribution >= 4 is 11.9 Å². The van der Waals surface area contributed by atoms with Crippen LogP contribution >= 0.6 is 0 Å². The quantitative estimate of drug-likeness (QED) is 0.825. The highest BCUT2D eigenvalue weighted by Crippen LogP contribution is 2.27. The van der Waals surface area contributed by atoms with Crippen LogP contribution in [0.5, 0.6) is 0 Å².